The fourth-order valence-electron chi connectivity index (χ4n) is 3.04. The van der Waals surface area contributed by atoms with E-state index in [-0.39, 0.29) is 10.6 Å². The second-order valence-electron chi connectivity index (χ2n) is 5.15. The molecule has 114 valence electrons. The quantitative estimate of drug-likeness (QED) is 0.137. The maximum Gasteiger partial charge on any atom is 0.298 e. The molecule has 0 amide bonds. The van der Waals surface area contributed by atoms with Gasteiger partial charge in [0.05, 0.1) is 4.92 Å². The van der Waals surface area contributed by atoms with Crippen LogP contribution in [0.4, 0.5) is 5.69 Å². The van der Waals surface area contributed by atoms with E-state index >= 15 is 0 Å². The average Bonchev–Trinajstić information content (AvgIpc) is 2.50. The molecule has 0 aliphatic heterocycles. The predicted octanol–water partition coefficient (Wildman–Crippen LogP) is 7.54. The minimum Gasteiger partial charge on any atom is -0.258 e. The second kappa shape index (κ2) is 5.37. The van der Waals surface area contributed by atoms with E-state index in [4.69, 9.17) is 0 Å². The van der Waals surface area contributed by atoms with Crippen molar-refractivity contribution in [2.24, 2.45) is 0 Å². The van der Waals surface area contributed by atoms with Crippen molar-refractivity contribution in [1.82, 2.24) is 0 Å². The van der Waals surface area contributed by atoms with Gasteiger partial charge in [0.2, 0.25) is 0 Å². The minimum absolute atomic E-state index is 0.0500. The molecular weight excluding hydrogens is 558 g/mol. The van der Waals surface area contributed by atoms with Gasteiger partial charge in [-0.3, -0.25) is 10.1 Å². The van der Waals surface area contributed by atoms with Gasteiger partial charge in [0.1, 0.15) is 8.95 Å². The third-order valence-corrected chi connectivity index (χ3v) is 6.92. The van der Waals surface area contributed by atoms with Crippen LogP contribution in [-0.4, -0.2) is 4.92 Å². The van der Waals surface area contributed by atoms with Crippen LogP contribution in [0.1, 0.15) is 0 Å². The van der Waals surface area contributed by atoms with E-state index in [1.807, 2.05) is 30.3 Å². The molecule has 0 saturated carbocycles. The van der Waals surface area contributed by atoms with Crippen LogP contribution in [0.15, 0.2) is 48.2 Å². The molecule has 0 aliphatic rings. The number of hydrogen-bond acceptors (Lipinski definition) is 2. The third kappa shape index (κ3) is 2.10. The molecule has 0 unspecified atom stereocenters. The summed E-state index contributed by atoms with van der Waals surface area (Å²) >= 11 is 14.0. The van der Waals surface area contributed by atoms with Crippen molar-refractivity contribution in [1.29, 1.82) is 0 Å². The Balaban J connectivity index is 2.41. The van der Waals surface area contributed by atoms with Crippen LogP contribution in [0, 0.1) is 10.1 Å². The molecule has 0 atom stereocenters. The van der Waals surface area contributed by atoms with Gasteiger partial charge < -0.3 is 0 Å². The van der Waals surface area contributed by atoms with Crippen LogP contribution in [0.5, 0.6) is 0 Å². The van der Waals surface area contributed by atoms with Gasteiger partial charge in [-0.05, 0) is 54.1 Å². The molecule has 4 rings (SSSR count). The lowest BCUT2D eigenvalue weighted by atomic mass is 9.94. The zero-order valence-corrected chi connectivity index (χ0v) is 17.5. The number of hydrogen-bond donors (Lipinski definition) is 0. The van der Waals surface area contributed by atoms with Crippen LogP contribution < -0.4 is 0 Å². The average molecular weight is 563 g/mol. The lowest BCUT2D eigenvalue weighted by molar-refractivity contribution is -0.386. The molecular formula is C16H5Br4NO2. The Morgan fingerprint density at radius 1 is 0.739 bits per heavy atom. The zero-order chi connectivity index (χ0) is 16.5. The van der Waals surface area contributed by atoms with Crippen molar-refractivity contribution in [2.75, 3.05) is 0 Å². The van der Waals surface area contributed by atoms with Gasteiger partial charge >= 0.3 is 0 Å². The fraction of sp³-hybridized carbons (Fsp3) is 0. The van der Waals surface area contributed by atoms with Crippen LogP contribution in [0.3, 0.4) is 0 Å². The van der Waals surface area contributed by atoms with Crippen LogP contribution in [0.25, 0.3) is 32.3 Å². The van der Waals surface area contributed by atoms with E-state index in [0.717, 1.165) is 41.3 Å². The van der Waals surface area contributed by atoms with E-state index < -0.39 is 0 Å². The number of halogens is 4. The van der Waals surface area contributed by atoms with E-state index in [0.29, 0.717) is 8.95 Å². The van der Waals surface area contributed by atoms with Crippen LogP contribution in [-0.2, 0) is 0 Å². The highest BCUT2D eigenvalue weighted by atomic mass is 79.9. The highest BCUT2D eigenvalue weighted by Gasteiger charge is 2.25. The lowest BCUT2D eigenvalue weighted by Crippen LogP contribution is -1.95. The number of nitro groups is 1. The molecule has 0 saturated heterocycles. The summed E-state index contributed by atoms with van der Waals surface area (Å²) in [5, 5.41) is 17.4. The largest absolute Gasteiger partial charge is 0.298 e. The topological polar surface area (TPSA) is 43.1 Å². The van der Waals surface area contributed by atoms with Crippen molar-refractivity contribution in [3.8, 4) is 0 Å². The first-order valence-corrected chi connectivity index (χ1v) is 9.67. The number of nitro benzene ring substituents is 1. The second-order valence-corrected chi connectivity index (χ2v) is 8.44. The molecule has 23 heavy (non-hydrogen) atoms. The monoisotopic (exact) mass is 559 g/mol. The standard InChI is InChI=1S/C16H5Br4NO2/c17-10-5-11(18)7-2-4-9-13-8(3-1-6(10)12(7)13)14(19)16(15(9)20)21(22)23/h1-5H. The Morgan fingerprint density at radius 2 is 1.13 bits per heavy atom. The van der Waals surface area contributed by atoms with Gasteiger partial charge in [-0.15, -0.1) is 0 Å². The molecule has 4 aromatic rings. The molecule has 0 fully saturated rings. The summed E-state index contributed by atoms with van der Waals surface area (Å²) in [6.07, 6.45) is 0. The van der Waals surface area contributed by atoms with E-state index in [9.17, 15) is 10.1 Å². The first-order valence-electron chi connectivity index (χ1n) is 6.49. The third-order valence-electron chi connectivity index (χ3n) is 4.00. The molecule has 0 N–H and O–H groups in total. The summed E-state index contributed by atoms with van der Waals surface area (Å²) < 4.78 is 2.95. The van der Waals surface area contributed by atoms with E-state index in [2.05, 4.69) is 63.7 Å². The van der Waals surface area contributed by atoms with Crippen LogP contribution in [0.2, 0.25) is 0 Å². The summed E-state index contributed by atoms with van der Waals surface area (Å²) in [6, 6.07) is 9.85. The maximum atomic E-state index is 11.4. The smallest absolute Gasteiger partial charge is 0.258 e. The number of benzene rings is 4. The first-order chi connectivity index (χ1) is 10.9. The van der Waals surface area contributed by atoms with Gasteiger partial charge in [-0.1, -0.05) is 56.1 Å². The van der Waals surface area contributed by atoms with Crippen molar-refractivity contribution in [3.05, 3.63) is 58.3 Å². The molecule has 4 aromatic carbocycles. The molecule has 7 heteroatoms. The molecule has 3 nitrogen and oxygen atoms in total. The maximum absolute atomic E-state index is 11.4. The molecule has 0 bridgehead atoms. The Bertz CT molecular complexity index is 1060. The molecule has 0 radical (unpaired) electrons. The van der Waals surface area contributed by atoms with Crippen molar-refractivity contribution >= 4 is 102 Å². The fourth-order valence-corrected chi connectivity index (χ4v) is 6.08. The van der Waals surface area contributed by atoms with Gasteiger partial charge in [-0.25, -0.2) is 0 Å². The zero-order valence-electron chi connectivity index (χ0n) is 11.2. The number of nitrogens with zero attached hydrogens (tertiary/aromatic N) is 1. The Morgan fingerprint density at radius 3 is 1.57 bits per heavy atom. The summed E-state index contributed by atoms with van der Waals surface area (Å²) in [5.74, 6) is 0. The highest BCUT2D eigenvalue weighted by molar-refractivity contribution is 9.11. The Labute approximate surface area is 164 Å². The minimum atomic E-state index is -0.367. The van der Waals surface area contributed by atoms with Gasteiger partial charge in [0.15, 0.2) is 0 Å². The molecule has 0 heterocycles. The lowest BCUT2D eigenvalue weighted by Gasteiger charge is -2.15. The van der Waals surface area contributed by atoms with Crippen molar-refractivity contribution in [2.45, 2.75) is 0 Å². The summed E-state index contributed by atoms with van der Waals surface area (Å²) in [4.78, 5) is 11.1. The highest BCUT2D eigenvalue weighted by Crippen LogP contribution is 2.48. The van der Waals surface area contributed by atoms with Crippen molar-refractivity contribution in [3.63, 3.8) is 0 Å². The SMILES string of the molecule is O=[N+]([O-])c1c(Br)c2ccc3c(Br)cc(Br)c4ccc(c1Br)c2c34. The molecule has 0 spiro atoms. The summed E-state index contributed by atoms with van der Waals surface area (Å²) in [6.45, 7) is 0. The van der Waals surface area contributed by atoms with Gasteiger partial charge in [-0.2, -0.15) is 0 Å². The van der Waals surface area contributed by atoms with E-state index in [1.165, 1.54) is 0 Å². The Hall–Kier alpha value is -0.760. The number of rotatable bonds is 1. The van der Waals surface area contributed by atoms with Gasteiger partial charge in [0.25, 0.3) is 5.69 Å². The van der Waals surface area contributed by atoms with E-state index in [1.54, 1.807) is 0 Å². The summed E-state index contributed by atoms with van der Waals surface area (Å²) in [7, 11) is 0. The van der Waals surface area contributed by atoms with Gasteiger partial charge in [0, 0.05) is 25.1 Å². The van der Waals surface area contributed by atoms with Crippen LogP contribution >= 0.6 is 63.7 Å². The summed E-state index contributed by atoms with van der Waals surface area (Å²) in [5.41, 5.74) is 0.0500. The Kier molecular flexibility index (Phi) is 3.68. The van der Waals surface area contributed by atoms with Crippen molar-refractivity contribution < 1.29 is 4.92 Å². The first kappa shape index (κ1) is 15.7. The molecule has 0 aromatic heterocycles. The normalized spacial score (nSPS) is 11.8. The molecule has 0 aliphatic carbocycles. The predicted molar refractivity (Wildman–Crippen MR) is 108 cm³/mol.